The zero-order valence-corrected chi connectivity index (χ0v) is 28.4. The van der Waals surface area contributed by atoms with Crippen LogP contribution in [-0.4, -0.2) is 19.9 Å². The first-order valence-corrected chi connectivity index (χ1v) is 17.6. The number of halogens is 1. The Kier molecular flexibility index (Phi) is 7.29. The first kappa shape index (κ1) is 30.7. The maximum Gasteiger partial charge on any atom is 0.164 e. The molecule has 0 fully saturated rings. The van der Waals surface area contributed by atoms with Gasteiger partial charge in [-0.25, -0.2) is 24.3 Å². The summed E-state index contributed by atoms with van der Waals surface area (Å²) >= 11 is 0. The van der Waals surface area contributed by atoms with Crippen LogP contribution in [0, 0.1) is 5.82 Å². The number of fused-ring (bicyclic) bond motifs is 8. The molecule has 53 heavy (non-hydrogen) atoms. The highest BCUT2D eigenvalue weighted by molar-refractivity contribution is 6.33. The number of hydrogen-bond acceptors (Lipinski definition) is 4. The fraction of sp³-hybridized carbons (Fsp3) is 0. The minimum Gasteiger partial charge on any atom is -0.247 e. The van der Waals surface area contributed by atoms with Gasteiger partial charge in [-0.15, -0.1) is 0 Å². The molecule has 0 aliphatic carbocycles. The Morgan fingerprint density at radius 3 is 1.40 bits per heavy atom. The molecule has 0 aliphatic rings. The Labute approximate surface area is 304 Å². The number of pyridine rings is 1. The third-order valence-corrected chi connectivity index (χ3v) is 9.94. The minimum absolute atomic E-state index is 0.272. The lowest BCUT2D eigenvalue weighted by Gasteiger charge is -2.17. The van der Waals surface area contributed by atoms with Gasteiger partial charge in [0.2, 0.25) is 0 Å². The van der Waals surface area contributed by atoms with Gasteiger partial charge in [0.25, 0.3) is 0 Å². The molecule has 4 nitrogen and oxygen atoms in total. The summed E-state index contributed by atoms with van der Waals surface area (Å²) in [4.78, 5) is 20.1. The second kappa shape index (κ2) is 12.6. The van der Waals surface area contributed by atoms with Crippen molar-refractivity contribution in [2.75, 3.05) is 0 Å². The van der Waals surface area contributed by atoms with E-state index in [1.807, 2.05) is 72.8 Å². The summed E-state index contributed by atoms with van der Waals surface area (Å²) in [5.74, 6) is 1.58. The summed E-state index contributed by atoms with van der Waals surface area (Å²) in [6.07, 6.45) is 0. The van der Waals surface area contributed by atoms with Gasteiger partial charge < -0.3 is 0 Å². The van der Waals surface area contributed by atoms with Gasteiger partial charge in [-0.05, 0) is 75.1 Å². The van der Waals surface area contributed by atoms with E-state index in [-0.39, 0.29) is 5.82 Å². The van der Waals surface area contributed by atoms with Crippen LogP contribution in [0.15, 0.2) is 176 Å². The predicted molar refractivity (Wildman–Crippen MR) is 215 cm³/mol. The SMILES string of the molecule is Fc1ccc(-c2nc3ccc(-c4cccc(-c5nc(-c6ccccc6)nc(-c6ccccc6)n5)c4)cc3c3c4ccccc4c4ccccc4c23)cc1. The molecule has 0 atom stereocenters. The molecule has 0 saturated heterocycles. The second-order valence-corrected chi connectivity index (χ2v) is 13.2. The molecule has 0 N–H and O–H groups in total. The Balaban J connectivity index is 1.20. The number of benzene rings is 8. The van der Waals surface area contributed by atoms with Crippen LogP contribution in [-0.2, 0) is 0 Å². The quantitative estimate of drug-likeness (QED) is 0.170. The zero-order valence-electron chi connectivity index (χ0n) is 28.4. The van der Waals surface area contributed by atoms with Crippen molar-refractivity contribution in [2.45, 2.75) is 0 Å². The van der Waals surface area contributed by atoms with Crippen LogP contribution in [0.5, 0.6) is 0 Å². The van der Waals surface area contributed by atoms with Crippen molar-refractivity contribution in [3.8, 4) is 56.5 Å². The normalized spacial score (nSPS) is 11.5. The smallest absolute Gasteiger partial charge is 0.164 e. The lowest BCUT2D eigenvalue weighted by Crippen LogP contribution is -2.00. The fourth-order valence-electron chi connectivity index (χ4n) is 7.45. The van der Waals surface area contributed by atoms with Crippen LogP contribution >= 0.6 is 0 Å². The van der Waals surface area contributed by atoms with Crippen LogP contribution in [0.3, 0.4) is 0 Å². The van der Waals surface area contributed by atoms with E-state index in [1.165, 1.54) is 17.5 Å². The summed E-state index contributed by atoms with van der Waals surface area (Å²) in [6, 6.07) is 58.6. The largest absolute Gasteiger partial charge is 0.247 e. The highest BCUT2D eigenvalue weighted by atomic mass is 19.1. The molecule has 2 heterocycles. The first-order chi connectivity index (χ1) is 26.2. The van der Waals surface area contributed by atoms with Crippen LogP contribution in [0.1, 0.15) is 0 Å². The van der Waals surface area contributed by atoms with Gasteiger partial charge in [-0.2, -0.15) is 0 Å². The molecule has 0 saturated carbocycles. The number of nitrogens with zero attached hydrogens (tertiary/aromatic N) is 4. The van der Waals surface area contributed by atoms with Gasteiger partial charge in [-0.1, -0.05) is 133 Å². The predicted octanol–water partition coefficient (Wildman–Crippen LogP) is 12.4. The first-order valence-electron chi connectivity index (χ1n) is 17.6. The molecule has 2 aromatic heterocycles. The zero-order chi connectivity index (χ0) is 35.3. The standard InChI is InChI=1S/C48H29FN4/c49-36-25-22-30(23-26-36)45-44-40-21-10-8-19-38(40)37-18-7-9-20-39(37)43(44)41-29-34(24-27-42(41)50-45)33-16-11-17-35(28-33)48-52-46(31-12-3-1-4-13-31)51-47(53-48)32-14-5-2-6-15-32/h1-29H. The average Bonchev–Trinajstić information content (AvgIpc) is 3.24. The van der Waals surface area contributed by atoms with Crippen molar-refractivity contribution < 1.29 is 4.39 Å². The van der Waals surface area contributed by atoms with E-state index in [4.69, 9.17) is 19.9 Å². The van der Waals surface area contributed by atoms with Crippen LogP contribution in [0.2, 0.25) is 0 Å². The van der Waals surface area contributed by atoms with Gasteiger partial charge in [0, 0.05) is 38.4 Å². The Morgan fingerprint density at radius 1 is 0.302 bits per heavy atom. The van der Waals surface area contributed by atoms with Crippen LogP contribution in [0.25, 0.3) is 99.8 Å². The maximum absolute atomic E-state index is 14.1. The van der Waals surface area contributed by atoms with E-state index in [2.05, 4.69) is 91.0 Å². The van der Waals surface area contributed by atoms with Gasteiger partial charge in [0.15, 0.2) is 17.5 Å². The Bertz CT molecular complexity index is 2940. The third kappa shape index (κ3) is 5.38. The van der Waals surface area contributed by atoms with Crippen molar-refractivity contribution >= 4 is 43.2 Å². The van der Waals surface area contributed by atoms with Gasteiger partial charge in [-0.3, -0.25) is 0 Å². The minimum atomic E-state index is -0.272. The number of rotatable bonds is 5. The molecule has 248 valence electrons. The topological polar surface area (TPSA) is 51.6 Å². The van der Waals surface area contributed by atoms with E-state index in [0.29, 0.717) is 17.5 Å². The summed E-state index contributed by atoms with van der Waals surface area (Å²) in [5.41, 5.74) is 7.42. The molecule has 0 unspecified atom stereocenters. The monoisotopic (exact) mass is 680 g/mol. The van der Waals surface area contributed by atoms with E-state index in [9.17, 15) is 4.39 Å². The molecule has 0 bridgehead atoms. The van der Waals surface area contributed by atoms with Crippen LogP contribution < -0.4 is 0 Å². The molecule has 0 radical (unpaired) electrons. The highest BCUT2D eigenvalue weighted by Gasteiger charge is 2.19. The van der Waals surface area contributed by atoms with E-state index in [0.717, 1.165) is 76.9 Å². The van der Waals surface area contributed by atoms with Crippen molar-refractivity contribution in [3.63, 3.8) is 0 Å². The summed E-state index contributed by atoms with van der Waals surface area (Å²) in [5, 5.41) is 7.82. The van der Waals surface area contributed by atoms with Crippen LogP contribution in [0.4, 0.5) is 4.39 Å². The van der Waals surface area contributed by atoms with Crippen molar-refractivity contribution in [2.24, 2.45) is 0 Å². The van der Waals surface area contributed by atoms with Crippen molar-refractivity contribution in [1.82, 2.24) is 19.9 Å². The van der Waals surface area contributed by atoms with E-state index in [1.54, 1.807) is 0 Å². The average molecular weight is 681 g/mol. The van der Waals surface area contributed by atoms with Crippen molar-refractivity contribution in [1.29, 1.82) is 0 Å². The molecule has 10 aromatic rings. The molecule has 0 amide bonds. The van der Waals surface area contributed by atoms with Gasteiger partial charge >= 0.3 is 0 Å². The molecule has 10 rings (SSSR count). The molecule has 0 aliphatic heterocycles. The Morgan fingerprint density at radius 2 is 0.774 bits per heavy atom. The third-order valence-electron chi connectivity index (χ3n) is 9.94. The summed E-state index contributed by atoms with van der Waals surface area (Å²) < 4.78 is 14.1. The highest BCUT2D eigenvalue weighted by Crippen LogP contribution is 2.43. The molecule has 0 spiro atoms. The maximum atomic E-state index is 14.1. The van der Waals surface area contributed by atoms with E-state index < -0.39 is 0 Å². The summed E-state index contributed by atoms with van der Waals surface area (Å²) in [7, 11) is 0. The lowest BCUT2D eigenvalue weighted by atomic mass is 9.89. The number of hydrogen-bond donors (Lipinski definition) is 0. The lowest BCUT2D eigenvalue weighted by molar-refractivity contribution is 0.628. The second-order valence-electron chi connectivity index (χ2n) is 13.2. The summed E-state index contributed by atoms with van der Waals surface area (Å²) in [6.45, 7) is 0. The number of aromatic nitrogens is 4. The Hall–Kier alpha value is -7.11. The molecular formula is C48H29FN4. The van der Waals surface area contributed by atoms with Crippen molar-refractivity contribution in [3.05, 3.63) is 182 Å². The molecule has 5 heteroatoms. The van der Waals surface area contributed by atoms with Gasteiger partial charge in [0.1, 0.15) is 5.82 Å². The van der Waals surface area contributed by atoms with E-state index >= 15 is 0 Å². The molecule has 8 aromatic carbocycles. The van der Waals surface area contributed by atoms with Gasteiger partial charge in [0.05, 0.1) is 11.2 Å². The molecular weight excluding hydrogens is 652 g/mol. The fourth-order valence-corrected chi connectivity index (χ4v) is 7.45.